The van der Waals surface area contributed by atoms with Gasteiger partial charge in [0.1, 0.15) is 5.75 Å². The minimum atomic E-state index is -1.14. The van der Waals surface area contributed by atoms with Crippen LogP contribution in [0.2, 0.25) is 0 Å². The Balaban J connectivity index is 1.46. The van der Waals surface area contributed by atoms with Crippen LogP contribution in [0.4, 0.5) is 0 Å². The van der Waals surface area contributed by atoms with E-state index >= 15 is 0 Å². The molecule has 0 bridgehead atoms. The quantitative estimate of drug-likeness (QED) is 0.204. The van der Waals surface area contributed by atoms with Crippen molar-refractivity contribution in [1.29, 1.82) is 0 Å². The zero-order valence-corrected chi connectivity index (χ0v) is 19.4. The van der Waals surface area contributed by atoms with Crippen LogP contribution in [0.15, 0.2) is 115 Å². The molecule has 0 N–H and O–H groups in total. The van der Waals surface area contributed by atoms with E-state index in [4.69, 9.17) is 9.05 Å². The molecule has 1 heterocycles. The zero-order chi connectivity index (χ0) is 22.3. The largest absolute Gasteiger partial charge is 0.446 e. The second kappa shape index (κ2) is 8.30. The van der Waals surface area contributed by atoms with E-state index in [1.807, 2.05) is 0 Å². The maximum Gasteiger partial charge on any atom is 0.231 e. The number of rotatable bonds is 4. The van der Waals surface area contributed by atoms with E-state index in [9.17, 15) is 0 Å². The SMILES string of the molecule is CC1OP(Oc2c3ccccc3cc3ccccc23)CC1(c1ccccc1)c1ccccc1. The smallest absolute Gasteiger partial charge is 0.231 e. The monoisotopic (exact) mass is 448 g/mol. The lowest BCUT2D eigenvalue weighted by Gasteiger charge is -2.32. The molecule has 0 spiro atoms. The molecule has 1 fully saturated rings. The molecule has 0 radical (unpaired) electrons. The highest BCUT2D eigenvalue weighted by molar-refractivity contribution is 7.48. The molecule has 162 valence electrons. The van der Waals surface area contributed by atoms with Crippen LogP contribution in [-0.4, -0.2) is 12.3 Å². The fourth-order valence-corrected chi connectivity index (χ4v) is 7.30. The summed E-state index contributed by atoms with van der Waals surface area (Å²) in [7, 11) is -1.14. The molecule has 2 unspecified atom stereocenters. The predicted octanol–water partition coefficient (Wildman–Crippen LogP) is 8.09. The average Bonchev–Trinajstić information content (AvgIpc) is 3.21. The van der Waals surface area contributed by atoms with Crippen molar-refractivity contribution in [2.75, 3.05) is 6.16 Å². The predicted molar refractivity (Wildman–Crippen MR) is 138 cm³/mol. The first-order chi connectivity index (χ1) is 16.3. The highest BCUT2D eigenvalue weighted by atomic mass is 31.2. The summed E-state index contributed by atoms with van der Waals surface area (Å²) in [6.45, 7) is 2.19. The van der Waals surface area contributed by atoms with Gasteiger partial charge in [-0.25, -0.2) is 0 Å². The van der Waals surface area contributed by atoms with Gasteiger partial charge in [-0.1, -0.05) is 109 Å². The number of fused-ring (bicyclic) bond motifs is 2. The van der Waals surface area contributed by atoms with E-state index in [-0.39, 0.29) is 11.5 Å². The van der Waals surface area contributed by atoms with Gasteiger partial charge in [0.15, 0.2) is 0 Å². The molecular formula is C30H25O2P. The Morgan fingerprint density at radius 1 is 0.697 bits per heavy atom. The number of benzene rings is 5. The van der Waals surface area contributed by atoms with Crippen LogP contribution in [0.1, 0.15) is 18.1 Å². The van der Waals surface area contributed by atoms with Gasteiger partial charge in [-0.3, -0.25) is 0 Å². The van der Waals surface area contributed by atoms with Crippen LogP contribution in [0, 0.1) is 0 Å². The summed E-state index contributed by atoms with van der Waals surface area (Å²) in [4.78, 5) is 0. The first kappa shape index (κ1) is 20.4. The minimum Gasteiger partial charge on any atom is -0.446 e. The average molecular weight is 449 g/mol. The summed E-state index contributed by atoms with van der Waals surface area (Å²) < 4.78 is 13.4. The van der Waals surface area contributed by atoms with Crippen molar-refractivity contribution < 1.29 is 9.05 Å². The van der Waals surface area contributed by atoms with Crippen molar-refractivity contribution in [3.63, 3.8) is 0 Å². The molecular weight excluding hydrogens is 423 g/mol. The van der Waals surface area contributed by atoms with Crippen molar-refractivity contribution >= 4 is 29.9 Å². The Hall–Kier alpha value is -3.19. The molecule has 5 aromatic rings. The van der Waals surface area contributed by atoms with Gasteiger partial charge in [0.05, 0.1) is 11.5 Å². The molecule has 1 saturated heterocycles. The lowest BCUT2D eigenvalue weighted by atomic mass is 9.72. The van der Waals surface area contributed by atoms with Crippen LogP contribution in [0.5, 0.6) is 5.75 Å². The third kappa shape index (κ3) is 3.42. The lowest BCUT2D eigenvalue weighted by molar-refractivity contribution is 0.201. The van der Waals surface area contributed by atoms with Gasteiger partial charge < -0.3 is 9.05 Å². The summed E-state index contributed by atoms with van der Waals surface area (Å²) in [6, 6.07) is 40.6. The number of hydrogen-bond donors (Lipinski definition) is 0. The fraction of sp³-hybridized carbons (Fsp3) is 0.133. The van der Waals surface area contributed by atoms with Crippen molar-refractivity contribution in [1.82, 2.24) is 0 Å². The Morgan fingerprint density at radius 2 is 1.18 bits per heavy atom. The molecule has 1 aliphatic rings. The van der Waals surface area contributed by atoms with Gasteiger partial charge in [-0.2, -0.15) is 0 Å². The van der Waals surface area contributed by atoms with Crippen LogP contribution in [0.3, 0.4) is 0 Å². The number of hydrogen-bond acceptors (Lipinski definition) is 2. The summed E-state index contributed by atoms with van der Waals surface area (Å²) in [6.07, 6.45) is 0.810. The van der Waals surface area contributed by atoms with Crippen LogP contribution in [0.25, 0.3) is 21.5 Å². The zero-order valence-electron chi connectivity index (χ0n) is 18.5. The molecule has 0 aromatic heterocycles. The van der Waals surface area contributed by atoms with E-state index < -0.39 is 8.38 Å². The molecule has 0 amide bonds. The molecule has 2 atom stereocenters. The fourth-order valence-electron chi connectivity index (χ4n) is 5.15. The van der Waals surface area contributed by atoms with Gasteiger partial charge >= 0.3 is 0 Å². The standard InChI is InChI=1S/C30H25O2P/c1-22-30(25-14-4-2-5-15-25,26-16-6-3-7-17-26)21-33(31-22)32-29-27-18-10-8-12-23(27)20-24-13-9-11-19-28(24)29/h2-20,22H,21H2,1H3. The Labute approximate surface area is 195 Å². The molecule has 3 heteroatoms. The topological polar surface area (TPSA) is 18.5 Å². The Morgan fingerprint density at radius 3 is 1.73 bits per heavy atom. The second-order valence-corrected chi connectivity index (χ2v) is 10.1. The van der Waals surface area contributed by atoms with E-state index in [0.717, 1.165) is 22.7 Å². The highest BCUT2D eigenvalue weighted by Gasteiger charge is 2.50. The van der Waals surface area contributed by atoms with E-state index in [1.54, 1.807) is 0 Å². The second-order valence-electron chi connectivity index (χ2n) is 8.68. The normalized spacial score (nSPS) is 19.7. The van der Waals surface area contributed by atoms with Gasteiger partial charge in [0.2, 0.25) is 8.38 Å². The first-order valence-electron chi connectivity index (χ1n) is 11.4. The van der Waals surface area contributed by atoms with Crippen LogP contribution in [-0.2, 0) is 9.94 Å². The molecule has 1 aliphatic heterocycles. The maximum atomic E-state index is 6.81. The molecule has 2 nitrogen and oxygen atoms in total. The van der Waals surface area contributed by atoms with Crippen molar-refractivity contribution in [3.8, 4) is 5.75 Å². The van der Waals surface area contributed by atoms with E-state index in [0.29, 0.717) is 0 Å². The molecule has 5 aromatic carbocycles. The molecule has 0 aliphatic carbocycles. The van der Waals surface area contributed by atoms with Crippen molar-refractivity contribution in [3.05, 3.63) is 126 Å². The van der Waals surface area contributed by atoms with Crippen LogP contribution >= 0.6 is 8.38 Å². The van der Waals surface area contributed by atoms with Gasteiger partial charge in [0, 0.05) is 16.9 Å². The van der Waals surface area contributed by atoms with Crippen molar-refractivity contribution in [2.45, 2.75) is 18.4 Å². The van der Waals surface area contributed by atoms with Gasteiger partial charge in [0.25, 0.3) is 0 Å². The molecule has 33 heavy (non-hydrogen) atoms. The molecule has 6 rings (SSSR count). The summed E-state index contributed by atoms with van der Waals surface area (Å²) in [5, 5.41) is 4.63. The minimum absolute atomic E-state index is 0.00495. The van der Waals surface area contributed by atoms with Crippen LogP contribution < -0.4 is 4.52 Å². The highest BCUT2D eigenvalue weighted by Crippen LogP contribution is 2.59. The Bertz CT molecular complexity index is 1320. The first-order valence-corrected chi connectivity index (χ1v) is 12.8. The molecule has 0 saturated carbocycles. The van der Waals surface area contributed by atoms with E-state index in [2.05, 4.69) is 122 Å². The van der Waals surface area contributed by atoms with Gasteiger partial charge in [-0.15, -0.1) is 0 Å². The summed E-state index contributed by atoms with van der Waals surface area (Å²) in [5.74, 6) is 0.930. The summed E-state index contributed by atoms with van der Waals surface area (Å²) in [5.41, 5.74) is 2.31. The lowest BCUT2D eigenvalue weighted by Crippen LogP contribution is -2.37. The van der Waals surface area contributed by atoms with Gasteiger partial charge in [-0.05, 0) is 34.9 Å². The maximum absolute atomic E-state index is 6.81. The van der Waals surface area contributed by atoms with Crippen molar-refractivity contribution in [2.24, 2.45) is 0 Å². The third-order valence-corrected chi connectivity index (χ3v) is 8.54. The third-order valence-electron chi connectivity index (χ3n) is 6.84. The Kier molecular flexibility index (Phi) is 5.14. The van der Waals surface area contributed by atoms with E-state index in [1.165, 1.54) is 21.9 Å². The summed E-state index contributed by atoms with van der Waals surface area (Å²) >= 11 is 0.